The van der Waals surface area contributed by atoms with Crippen LogP contribution in [0, 0.1) is 0 Å². The number of aliphatic hydroxyl groups excluding tert-OH is 1. The third-order valence-corrected chi connectivity index (χ3v) is 1.47. The molecule has 0 spiro atoms. The van der Waals surface area contributed by atoms with Crippen molar-refractivity contribution in [3.8, 4) is 0 Å². The van der Waals surface area contributed by atoms with Gasteiger partial charge >= 0.3 is 5.97 Å². The van der Waals surface area contributed by atoms with Crippen LogP contribution in [0.4, 0.5) is 0 Å². The summed E-state index contributed by atoms with van der Waals surface area (Å²) in [5.74, 6) is 0.0146. The Balaban J connectivity index is 2.64. The van der Waals surface area contributed by atoms with Gasteiger partial charge in [0.15, 0.2) is 0 Å². The predicted molar refractivity (Wildman–Crippen MR) is 43.7 cm³/mol. The van der Waals surface area contributed by atoms with E-state index in [1.807, 2.05) is 0 Å². The Morgan fingerprint density at radius 2 is 2.15 bits per heavy atom. The molecule has 0 amide bonds. The summed E-state index contributed by atoms with van der Waals surface area (Å²) in [5, 5.41) is 8.68. The van der Waals surface area contributed by atoms with Crippen LogP contribution in [0.25, 0.3) is 0 Å². The summed E-state index contributed by atoms with van der Waals surface area (Å²) in [6.45, 7) is -0.0987. The molecule has 0 saturated heterocycles. The summed E-state index contributed by atoms with van der Waals surface area (Å²) in [5.41, 5.74) is 0.619. The Morgan fingerprint density at radius 3 is 2.62 bits per heavy atom. The van der Waals surface area contributed by atoms with Gasteiger partial charge in [-0.1, -0.05) is 0 Å². The Labute approximate surface area is 75.4 Å². The molecule has 0 bridgehead atoms. The summed E-state index contributed by atoms with van der Waals surface area (Å²) in [6, 6.07) is 0. The summed E-state index contributed by atoms with van der Waals surface area (Å²) in [7, 11) is 1.31. The molecular weight excluding hydrogens is 172 g/mol. The van der Waals surface area contributed by atoms with Gasteiger partial charge in [0.05, 0.1) is 13.7 Å². The minimum absolute atomic E-state index is 0.0577. The highest BCUT2D eigenvalue weighted by Gasteiger charge is 2.04. The second kappa shape index (κ2) is 4.51. The van der Waals surface area contributed by atoms with Crippen LogP contribution in [0.15, 0.2) is 12.4 Å². The van der Waals surface area contributed by atoms with E-state index in [9.17, 15) is 4.79 Å². The highest BCUT2D eigenvalue weighted by atomic mass is 16.5. The van der Waals surface area contributed by atoms with E-state index in [2.05, 4.69) is 14.7 Å². The largest absolute Gasteiger partial charge is 0.469 e. The lowest BCUT2D eigenvalue weighted by Crippen LogP contribution is -2.08. The van der Waals surface area contributed by atoms with Gasteiger partial charge in [-0.25, -0.2) is 9.97 Å². The summed E-state index contributed by atoms with van der Waals surface area (Å²) in [6.07, 6.45) is 3.01. The normalized spacial score (nSPS) is 9.69. The highest BCUT2D eigenvalue weighted by molar-refractivity contribution is 5.71. The number of methoxy groups -OCH3 is 1. The van der Waals surface area contributed by atoms with Gasteiger partial charge in [-0.3, -0.25) is 4.79 Å². The maximum absolute atomic E-state index is 10.8. The molecule has 13 heavy (non-hydrogen) atoms. The van der Waals surface area contributed by atoms with Crippen LogP contribution in [0.1, 0.15) is 11.4 Å². The SMILES string of the molecule is COC(=O)Cc1ncc(CO)cn1. The van der Waals surface area contributed by atoms with Crippen LogP contribution in [-0.2, 0) is 22.6 Å². The van der Waals surface area contributed by atoms with E-state index in [-0.39, 0.29) is 19.0 Å². The van der Waals surface area contributed by atoms with Gasteiger partial charge in [0, 0.05) is 18.0 Å². The first kappa shape index (κ1) is 9.60. The molecule has 0 aromatic carbocycles. The molecule has 70 valence electrons. The van der Waals surface area contributed by atoms with Gasteiger partial charge in [-0.2, -0.15) is 0 Å². The maximum Gasteiger partial charge on any atom is 0.313 e. The molecule has 0 aliphatic rings. The van der Waals surface area contributed by atoms with E-state index >= 15 is 0 Å². The van der Waals surface area contributed by atoms with Crippen LogP contribution in [0.5, 0.6) is 0 Å². The minimum Gasteiger partial charge on any atom is -0.469 e. The van der Waals surface area contributed by atoms with Crippen molar-refractivity contribution < 1.29 is 14.6 Å². The van der Waals surface area contributed by atoms with Crippen molar-refractivity contribution in [2.75, 3.05) is 7.11 Å². The van der Waals surface area contributed by atoms with E-state index in [1.165, 1.54) is 19.5 Å². The zero-order valence-corrected chi connectivity index (χ0v) is 7.23. The van der Waals surface area contributed by atoms with E-state index in [0.29, 0.717) is 11.4 Å². The van der Waals surface area contributed by atoms with Gasteiger partial charge in [-0.15, -0.1) is 0 Å². The zero-order valence-electron chi connectivity index (χ0n) is 7.23. The average Bonchev–Trinajstić information content (AvgIpc) is 2.19. The molecule has 5 heteroatoms. The van der Waals surface area contributed by atoms with Crippen molar-refractivity contribution in [1.29, 1.82) is 0 Å². The number of nitrogens with zero attached hydrogens (tertiary/aromatic N) is 2. The van der Waals surface area contributed by atoms with Crippen LogP contribution < -0.4 is 0 Å². The molecule has 5 nitrogen and oxygen atoms in total. The quantitative estimate of drug-likeness (QED) is 0.649. The van der Waals surface area contributed by atoms with Gasteiger partial charge < -0.3 is 9.84 Å². The third-order valence-electron chi connectivity index (χ3n) is 1.47. The molecule has 0 saturated carbocycles. The minimum atomic E-state index is -0.378. The number of aromatic nitrogens is 2. The van der Waals surface area contributed by atoms with Crippen molar-refractivity contribution in [2.24, 2.45) is 0 Å². The molecule has 0 radical (unpaired) electrons. The molecule has 0 aliphatic carbocycles. The van der Waals surface area contributed by atoms with E-state index in [4.69, 9.17) is 5.11 Å². The Hall–Kier alpha value is -1.49. The fraction of sp³-hybridized carbons (Fsp3) is 0.375. The number of carbonyl (C=O) groups is 1. The number of hydrogen-bond acceptors (Lipinski definition) is 5. The van der Waals surface area contributed by atoms with E-state index in [1.54, 1.807) is 0 Å². The average molecular weight is 182 g/mol. The molecule has 1 N–H and O–H groups in total. The fourth-order valence-electron chi connectivity index (χ4n) is 0.756. The number of aliphatic hydroxyl groups is 1. The molecule has 0 unspecified atom stereocenters. The Morgan fingerprint density at radius 1 is 1.54 bits per heavy atom. The smallest absolute Gasteiger partial charge is 0.313 e. The fourth-order valence-corrected chi connectivity index (χ4v) is 0.756. The van der Waals surface area contributed by atoms with Crippen LogP contribution >= 0.6 is 0 Å². The van der Waals surface area contributed by atoms with Crippen molar-refractivity contribution in [1.82, 2.24) is 9.97 Å². The maximum atomic E-state index is 10.8. The Kier molecular flexibility index (Phi) is 3.33. The molecule has 0 atom stereocenters. The van der Waals surface area contributed by atoms with E-state index < -0.39 is 0 Å². The zero-order chi connectivity index (χ0) is 9.68. The predicted octanol–water partition coefficient (Wildman–Crippen LogP) is -0.316. The summed E-state index contributed by atoms with van der Waals surface area (Å²) >= 11 is 0. The molecular formula is C8H10N2O3. The number of rotatable bonds is 3. The van der Waals surface area contributed by atoms with Crippen molar-refractivity contribution in [3.63, 3.8) is 0 Å². The third kappa shape index (κ3) is 2.79. The lowest BCUT2D eigenvalue weighted by atomic mass is 10.3. The van der Waals surface area contributed by atoms with Crippen molar-refractivity contribution in [3.05, 3.63) is 23.8 Å². The molecule has 0 aliphatic heterocycles. The number of hydrogen-bond donors (Lipinski definition) is 1. The first-order chi connectivity index (χ1) is 6.26. The monoisotopic (exact) mass is 182 g/mol. The lowest BCUT2D eigenvalue weighted by molar-refractivity contribution is -0.139. The van der Waals surface area contributed by atoms with Crippen LogP contribution in [0.3, 0.4) is 0 Å². The second-order valence-electron chi connectivity index (χ2n) is 2.42. The highest BCUT2D eigenvalue weighted by Crippen LogP contribution is 1.96. The standard InChI is InChI=1S/C8H10N2O3/c1-13-8(12)2-7-9-3-6(5-11)4-10-7/h3-4,11H,2,5H2,1H3. The Bertz CT molecular complexity index is 284. The van der Waals surface area contributed by atoms with Crippen LogP contribution in [0.2, 0.25) is 0 Å². The number of esters is 1. The lowest BCUT2D eigenvalue weighted by Gasteiger charge is -1.98. The van der Waals surface area contributed by atoms with E-state index in [0.717, 1.165) is 0 Å². The number of ether oxygens (including phenoxy) is 1. The number of carbonyl (C=O) groups excluding carboxylic acids is 1. The molecule has 1 rings (SSSR count). The van der Waals surface area contributed by atoms with Gasteiger partial charge in [0.1, 0.15) is 12.2 Å². The molecule has 1 aromatic heterocycles. The summed E-state index contributed by atoms with van der Waals surface area (Å²) in [4.78, 5) is 18.5. The topological polar surface area (TPSA) is 72.3 Å². The molecule has 0 fully saturated rings. The van der Waals surface area contributed by atoms with Crippen molar-refractivity contribution >= 4 is 5.97 Å². The molecule has 1 aromatic rings. The van der Waals surface area contributed by atoms with Gasteiger partial charge in [0.25, 0.3) is 0 Å². The summed E-state index contributed by atoms with van der Waals surface area (Å²) < 4.78 is 4.44. The van der Waals surface area contributed by atoms with Crippen LogP contribution in [-0.4, -0.2) is 28.2 Å². The second-order valence-corrected chi connectivity index (χ2v) is 2.42. The van der Waals surface area contributed by atoms with Gasteiger partial charge in [0.2, 0.25) is 0 Å². The van der Waals surface area contributed by atoms with Crippen molar-refractivity contribution in [2.45, 2.75) is 13.0 Å². The first-order valence-corrected chi connectivity index (χ1v) is 3.73. The van der Waals surface area contributed by atoms with Gasteiger partial charge in [-0.05, 0) is 0 Å². The molecule has 1 heterocycles. The first-order valence-electron chi connectivity index (χ1n) is 3.73.